The maximum absolute atomic E-state index is 13.1. The van der Waals surface area contributed by atoms with Gasteiger partial charge in [-0.05, 0) is 53.7 Å². The van der Waals surface area contributed by atoms with Crippen LogP contribution in [-0.2, 0) is 17.9 Å². The van der Waals surface area contributed by atoms with Crippen LogP contribution in [0.25, 0.3) is 17.0 Å². The van der Waals surface area contributed by atoms with Gasteiger partial charge in [-0.2, -0.15) is 0 Å². The summed E-state index contributed by atoms with van der Waals surface area (Å²) in [5.74, 6) is 0.567. The molecule has 170 valence electrons. The smallest absolute Gasteiger partial charge is 0.293 e. The van der Waals surface area contributed by atoms with Crippen molar-refractivity contribution in [3.63, 3.8) is 0 Å². The van der Waals surface area contributed by atoms with Crippen molar-refractivity contribution in [1.82, 2.24) is 9.47 Å². The number of fused-ring (bicyclic) bond motifs is 1. The molecule has 1 saturated heterocycles. The van der Waals surface area contributed by atoms with Gasteiger partial charge in [0.25, 0.3) is 11.1 Å². The van der Waals surface area contributed by atoms with Crippen LogP contribution >= 0.6 is 27.7 Å². The Bertz CT molecular complexity index is 1400. The predicted molar refractivity (Wildman–Crippen MR) is 140 cm³/mol. The van der Waals surface area contributed by atoms with E-state index in [4.69, 9.17) is 4.74 Å². The van der Waals surface area contributed by atoms with Gasteiger partial charge in [-0.25, -0.2) is 0 Å². The van der Waals surface area contributed by atoms with Gasteiger partial charge in [0.05, 0.1) is 18.0 Å². The lowest BCUT2D eigenvalue weighted by atomic mass is 10.1. The lowest BCUT2D eigenvalue weighted by Gasteiger charge is -2.12. The number of para-hydroxylation sites is 2. The summed E-state index contributed by atoms with van der Waals surface area (Å²) in [5.41, 5.74) is 2.86. The number of rotatable bonds is 7. The van der Waals surface area contributed by atoms with Gasteiger partial charge in [-0.1, -0.05) is 64.5 Å². The molecule has 5 nitrogen and oxygen atoms in total. The molecule has 5 rings (SSSR count). The highest BCUT2D eigenvalue weighted by Gasteiger charge is 2.35. The van der Waals surface area contributed by atoms with E-state index in [0.29, 0.717) is 18.1 Å². The first-order valence-corrected chi connectivity index (χ1v) is 12.4. The monoisotopic (exact) mass is 532 g/mol. The standard InChI is InChI=1S/C27H21BrN2O3S/c28-21-8-6-7-19(15-21)17-30-26(31)25(34-27(30)32)16-20-18-29(24-12-5-4-11-23(20)24)13-14-33-22-9-2-1-3-10-22/h1-12,15-16,18H,13-14,17H2/b25-16-. The molecule has 7 heteroatoms. The Morgan fingerprint density at radius 2 is 1.74 bits per heavy atom. The number of halogens is 1. The third-order valence-electron chi connectivity index (χ3n) is 5.55. The maximum atomic E-state index is 13.1. The summed E-state index contributed by atoms with van der Waals surface area (Å²) in [4.78, 5) is 27.4. The van der Waals surface area contributed by atoms with Crippen molar-refractivity contribution in [2.45, 2.75) is 13.1 Å². The highest BCUT2D eigenvalue weighted by Crippen LogP contribution is 2.35. The van der Waals surface area contributed by atoms with Crippen LogP contribution in [0.4, 0.5) is 4.79 Å². The first-order chi connectivity index (χ1) is 16.6. The molecular weight excluding hydrogens is 512 g/mol. The lowest BCUT2D eigenvalue weighted by molar-refractivity contribution is -0.123. The minimum Gasteiger partial charge on any atom is -0.492 e. The molecule has 2 amide bonds. The van der Waals surface area contributed by atoms with Gasteiger partial charge in [-0.15, -0.1) is 0 Å². The fourth-order valence-electron chi connectivity index (χ4n) is 3.95. The van der Waals surface area contributed by atoms with Crippen LogP contribution in [0, 0.1) is 0 Å². The number of thioether (sulfide) groups is 1. The summed E-state index contributed by atoms with van der Waals surface area (Å²) in [6.07, 6.45) is 3.84. The SMILES string of the molecule is O=C1S/C(=C\c2cn(CCOc3ccccc3)c3ccccc23)C(=O)N1Cc1cccc(Br)c1. The first kappa shape index (κ1) is 22.5. The number of benzene rings is 3. The molecule has 4 aromatic rings. The van der Waals surface area contributed by atoms with Crippen LogP contribution in [0.2, 0.25) is 0 Å². The summed E-state index contributed by atoms with van der Waals surface area (Å²) in [7, 11) is 0. The number of imide groups is 1. The number of ether oxygens (including phenoxy) is 1. The Labute approximate surface area is 210 Å². The molecule has 1 aliphatic rings. The number of carbonyl (C=O) groups excluding carboxylic acids is 2. The fraction of sp³-hybridized carbons (Fsp3) is 0.111. The van der Waals surface area contributed by atoms with E-state index in [0.717, 1.165) is 44.0 Å². The van der Waals surface area contributed by atoms with E-state index in [2.05, 4.69) is 20.5 Å². The third-order valence-corrected chi connectivity index (χ3v) is 6.95. The molecule has 0 bridgehead atoms. The topological polar surface area (TPSA) is 51.5 Å². The highest BCUT2D eigenvalue weighted by molar-refractivity contribution is 9.10. The zero-order valence-electron chi connectivity index (χ0n) is 18.2. The van der Waals surface area contributed by atoms with Gasteiger partial charge in [0, 0.05) is 27.1 Å². The molecule has 3 aromatic carbocycles. The molecule has 0 aliphatic carbocycles. The molecule has 0 spiro atoms. The average Bonchev–Trinajstić information content (AvgIpc) is 3.32. The Morgan fingerprint density at radius 1 is 0.941 bits per heavy atom. The van der Waals surface area contributed by atoms with Crippen molar-refractivity contribution in [2.24, 2.45) is 0 Å². The summed E-state index contributed by atoms with van der Waals surface area (Å²) >= 11 is 4.42. The van der Waals surface area contributed by atoms with Crippen LogP contribution < -0.4 is 4.74 Å². The van der Waals surface area contributed by atoms with Crippen LogP contribution in [-0.4, -0.2) is 27.2 Å². The zero-order chi connectivity index (χ0) is 23.5. The molecule has 0 unspecified atom stereocenters. The minimum absolute atomic E-state index is 0.250. The first-order valence-electron chi connectivity index (χ1n) is 10.8. The van der Waals surface area contributed by atoms with Crippen molar-refractivity contribution in [3.05, 3.63) is 106 Å². The van der Waals surface area contributed by atoms with E-state index in [1.807, 2.05) is 91.1 Å². The molecule has 1 aromatic heterocycles. The van der Waals surface area contributed by atoms with E-state index < -0.39 is 0 Å². The Kier molecular flexibility index (Phi) is 6.56. The second-order valence-corrected chi connectivity index (χ2v) is 9.76. The van der Waals surface area contributed by atoms with Crippen molar-refractivity contribution < 1.29 is 14.3 Å². The quantitative estimate of drug-likeness (QED) is 0.248. The van der Waals surface area contributed by atoms with Gasteiger partial charge in [-0.3, -0.25) is 14.5 Å². The number of aromatic nitrogens is 1. The summed E-state index contributed by atoms with van der Waals surface area (Å²) < 4.78 is 8.90. The van der Waals surface area contributed by atoms with Crippen molar-refractivity contribution in [2.75, 3.05) is 6.61 Å². The minimum atomic E-state index is -0.265. The summed E-state index contributed by atoms with van der Waals surface area (Å²) in [6, 6.07) is 25.4. The molecule has 0 N–H and O–H groups in total. The van der Waals surface area contributed by atoms with Crippen LogP contribution in [0.15, 0.2) is 94.4 Å². The van der Waals surface area contributed by atoms with Gasteiger partial charge in [0.1, 0.15) is 12.4 Å². The van der Waals surface area contributed by atoms with Gasteiger partial charge < -0.3 is 9.30 Å². The van der Waals surface area contributed by atoms with Crippen LogP contribution in [0.5, 0.6) is 5.75 Å². The predicted octanol–water partition coefficient (Wildman–Crippen LogP) is 6.72. The molecule has 0 saturated carbocycles. The van der Waals surface area contributed by atoms with E-state index in [1.165, 1.54) is 4.90 Å². The Hall–Kier alpha value is -3.29. The van der Waals surface area contributed by atoms with Gasteiger partial charge in [0.15, 0.2) is 0 Å². The number of nitrogens with zero attached hydrogens (tertiary/aromatic N) is 2. The number of amides is 2. The number of hydrogen-bond donors (Lipinski definition) is 0. The molecular formula is C27H21BrN2O3S. The van der Waals surface area contributed by atoms with E-state index in [1.54, 1.807) is 0 Å². The largest absolute Gasteiger partial charge is 0.492 e. The second-order valence-electron chi connectivity index (χ2n) is 7.85. The molecule has 1 aliphatic heterocycles. The zero-order valence-corrected chi connectivity index (χ0v) is 20.6. The second kappa shape index (κ2) is 9.91. The Balaban J connectivity index is 1.37. The van der Waals surface area contributed by atoms with Crippen LogP contribution in [0.1, 0.15) is 11.1 Å². The molecule has 1 fully saturated rings. The highest BCUT2D eigenvalue weighted by atomic mass is 79.9. The summed E-state index contributed by atoms with van der Waals surface area (Å²) in [6.45, 7) is 1.43. The van der Waals surface area contributed by atoms with Gasteiger partial charge >= 0.3 is 0 Å². The number of carbonyl (C=O) groups is 2. The summed E-state index contributed by atoms with van der Waals surface area (Å²) in [5, 5.41) is 0.775. The molecule has 0 atom stereocenters. The lowest BCUT2D eigenvalue weighted by Crippen LogP contribution is -2.27. The maximum Gasteiger partial charge on any atom is 0.293 e. The van der Waals surface area contributed by atoms with Gasteiger partial charge in [0.2, 0.25) is 0 Å². The van der Waals surface area contributed by atoms with Crippen molar-refractivity contribution >= 4 is 55.8 Å². The Morgan fingerprint density at radius 3 is 2.56 bits per heavy atom. The van der Waals surface area contributed by atoms with Crippen molar-refractivity contribution in [3.8, 4) is 5.75 Å². The molecule has 0 radical (unpaired) electrons. The molecule has 2 heterocycles. The molecule has 34 heavy (non-hydrogen) atoms. The third kappa shape index (κ3) is 4.81. The van der Waals surface area contributed by atoms with Crippen LogP contribution in [0.3, 0.4) is 0 Å². The fourth-order valence-corrected chi connectivity index (χ4v) is 5.23. The van der Waals surface area contributed by atoms with E-state index in [9.17, 15) is 9.59 Å². The van der Waals surface area contributed by atoms with E-state index >= 15 is 0 Å². The number of hydrogen-bond acceptors (Lipinski definition) is 4. The average molecular weight is 533 g/mol. The van der Waals surface area contributed by atoms with E-state index in [-0.39, 0.29) is 17.7 Å². The van der Waals surface area contributed by atoms with Crippen molar-refractivity contribution in [1.29, 1.82) is 0 Å². The normalized spacial score (nSPS) is 15.0.